The van der Waals surface area contributed by atoms with Crippen LogP contribution in [0.2, 0.25) is 0 Å². The molecule has 3 aromatic rings. The number of aromatic nitrogens is 1. The molecule has 1 aliphatic rings. The summed E-state index contributed by atoms with van der Waals surface area (Å²) < 4.78 is 15.7. The van der Waals surface area contributed by atoms with Gasteiger partial charge in [0.1, 0.15) is 11.8 Å². The zero-order valence-corrected chi connectivity index (χ0v) is 14.1. The van der Waals surface area contributed by atoms with Gasteiger partial charge in [-0.05, 0) is 24.6 Å². The topological polar surface area (TPSA) is 85.6 Å². The molecule has 1 amide bonds. The normalized spacial score (nSPS) is 13.3. The lowest BCUT2D eigenvalue weighted by atomic mass is 10.1. The Morgan fingerprint density at radius 1 is 1.08 bits per heavy atom. The van der Waals surface area contributed by atoms with Crippen molar-refractivity contribution < 1.29 is 18.8 Å². The molecule has 2 N–H and O–H groups in total. The summed E-state index contributed by atoms with van der Waals surface area (Å²) in [5, 5.41) is 9.83. The zero-order chi connectivity index (χ0) is 17.9. The number of nitrogens with zero attached hydrogens (tertiary/aromatic N) is 1. The first-order valence-electron chi connectivity index (χ1n) is 8.14. The maximum absolute atomic E-state index is 12.8. The zero-order valence-electron chi connectivity index (χ0n) is 14.1. The Bertz CT molecular complexity index is 924. The van der Waals surface area contributed by atoms with Crippen LogP contribution in [0.4, 0.5) is 11.5 Å². The summed E-state index contributed by atoms with van der Waals surface area (Å²) in [4.78, 5) is 12.8. The molecular weight excluding hydrogens is 334 g/mol. The molecule has 7 nitrogen and oxygen atoms in total. The highest BCUT2D eigenvalue weighted by Crippen LogP contribution is 2.35. The molecule has 132 valence electrons. The van der Waals surface area contributed by atoms with Crippen LogP contribution < -0.4 is 20.1 Å². The number of nitrogens with one attached hydrogen (secondary N) is 2. The number of hydrogen-bond acceptors (Lipinski definition) is 6. The van der Waals surface area contributed by atoms with Gasteiger partial charge in [-0.15, -0.1) is 0 Å². The van der Waals surface area contributed by atoms with Gasteiger partial charge in [0.15, 0.2) is 17.3 Å². The van der Waals surface area contributed by atoms with Gasteiger partial charge in [-0.2, -0.15) is 0 Å². The van der Waals surface area contributed by atoms with E-state index in [0.29, 0.717) is 23.1 Å². The van der Waals surface area contributed by atoms with Crippen LogP contribution in [0.5, 0.6) is 11.5 Å². The Hall–Kier alpha value is -3.48. The van der Waals surface area contributed by atoms with Crippen LogP contribution in [0.25, 0.3) is 0 Å². The van der Waals surface area contributed by atoms with Crippen molar-refractivity contribution in [1.82, 2.24) is 5.16 Å². The molecular formula is C19H17N3O4. The minimum absolute atomic E-state index is 0.201. The van der Waals surface area contributed by atoms with Gasteiger partial charge < -0.3 is 24.6 Å². The summed E-state index contributed by atoms with van der Waals surface area (Å²) in [7, 11) is 0. The molecule has 0 saturated carbocycles. The number of anilines is 2. The maximum Gasteiger partial charge on any atom is 0.252 e. The molecule has 26 heavy (non-hydrogen) atoms. The Morgan fingerprint density at radius 2 is 1.88 bits per heavy atom. The molecule has 0 unspecified atom stereocenters. The third-order valence-corrected chi connectivity index (χ3v) is 3.96. The molecule has 0 radical (unpaired) electrons. The predicted molar refractivity (Wildman–Crippen MR) is 95.2 cm³/mol. The Morgan fingerprint density at radius 3 is 2.65 bits per heavy atom. The van der Waals surface area contributed by atoms with Gasteiger partial charge in [0.05, 0.1) is 0 Å². The van der Waals surface area contributed by atoms with Crippen molar-refractivity contribution in [2.24, 2.45) is 0 Å². The van der Waals surface area contributed by atoms with E-state index in [1.165, 1.54) is 0 Å². The Labute approximate surface area is 149 Å². The number of amides is 1. The second kappa shape index (κ2) is 6.79. The molecule has 0 spiro atoms. The Balaban J connectivity index is 1.59. The largest absolute Gasteiger partial charge is 0.454 e. The summed E-state index contributed by atoms with van der Waals surface area (Å²) in [6, 6.07) is 16.0. The summed E-state index contributed by atoms with van der Waals surface area (Å²) in [5.41, 5.74) is 1.57. The number of hydrogen-bond donors (Lipinski definition) is 2. The van der Waals surface area contributed by atoms with Gasteiger partial charge in [0.25, 0.3) is 5.91 Å². The second-order valence-electron chi connectivity index (χ2n) is 5.87. The van der Waals surface area contributed by atoms with Gasteiger partial charge in [-0.1, -0.05) is 35.5 Å². The van der Waals surface area contributed by atoms with Crippen LogP contribution >= 0.6 is 0 Å². The minimum Gasteiger partial charge on any atom is -0.454 e. The molecule has 7 heteroatoms. The van der Waals surface area contributed by atoms with E-state index < -0.39 is 6.04 Å². The number of carbonyl (C=O) groups excluding carboxylic acids is 1. The first-order valence-corrected chi connectivity index (χ1v) is 8.14. The van der Waals surface area contributed by atoms with Crippen LogP contribution in [-0.2, 0) is 4.79 Å². The number of benzene rings is 2. The molecule has 2 heterocycles. The molecule has 0 bridgehead atoms. The van der Waals surface area contributed by atoms with E-state index in [-0.39, 0.29) is 12.7 Å². The number of carbonyl (C=O) groups is 1. The van der Waals surface area contributed by atoms with Crippen LogP contribution in [0.15, 0.2) is 59.1 Å². The second-order valence-corrected chi connectivity index (χ2v) is 5.87. The van der Waals surface area contributed by atoms with E-state index in [1.54, 1.807) is 13.0 Å². The van der Waals surface area contributed by atoms with Gasteiger partial charge in [-0.3, -0.25) is 4.79 Å². The van der Waals surface area contributed by atoms with Crippen molar-refractivity contribution in [2.75, 3.05) is 17.4 Å². The average molecular weight is 351 g/mol. The lowest BCUT2D eigenvalue weighted by Crippen LogP contribution is -2.27. The Kier molecular flexibility index (Phi) is 4.18. The number of ether oxygens (including phenoxy) is 2. The third kappa shape index (κ3) is 3.32. The smallest absolute Gasteiger partial charge is 0.252 e. The van der Waals surface area contributed by atoms with Crippen molar-refractivity contribution in [2.45, 2.75) is 13.0 Å². The van der Waals surface area contributed by atoms with E-state index >= 15 is 0 Å². The van der Waals surface area contributed by atoms with Crippen molar-refractivity contribution in [3.05, 3.63) is 65.9 Å². The fourth-order valence-electron chi connectivity index (χ4n) is 2.72. The first kappa shape index (κ1) is 16.0. The summed E-state index contributed by atoms with van der Waals surface area (Å²) >= 11 is 0. The van der Waals surface area contributed by atoms with Gasteiger partial charge in [0.2, 0.25) is 6.79 Å². The molecule has 0 fully saturated rings. The fraction of sp³-hybridized carbons (Fsp3) is 0.158. The van der Waals surface area contributed by atoms with Gasteiger partial charge >= 0.3 is 0 Å². The standard InChI is InChI=1S/C19H17N3O4/c1-12-9-17(22-26-12)21-19(23)18(13-5-3-2-4-6-13)20-14-7-8-15-16(10-14)25-11-24-15/h2-10,18,20H,11H2,1H3,(H,21,22,23)/t18-/m1/s1. The highest BCUT2D eigenvalue weighted by atomic mass is 16.7. The van der Waals surface area contributed by atoms with Crippen LogP contribution in [0.3, 0.4) is 0 Å². The lowest BCUT2D eigenvalue weighted by Gasteiger charge is -2.19. The van der Waals surface area contributed by atoms with E-state index in [2.05, 4.69) is 15.8 Å². The average Bonchev–Trinajstić information content (AvgIpc) is 3.28. The van der Waals surface area contributed by atoms with Gasteiger partial charge in [0, 0.05) is 17.8 Å². The van der Waals surface area contributed by atoms with Crippen molar-refractivity contribution in [3.8, 4) is 11.5 Å². The number of fused-ring (bicyclic) bond motifs is 1. The monoisotopic (exact) mass is 351 g/mol. The molecule has 0 aliphatic carbocycles. The predicted octanol–water partition coefficient (Wildman–Crippen LogP) is 3.50. The van der Waals surface area contributed by atoms with E-state index in [4.69, 9.17) is 14.0 Å². The molecule has 1 atom stereocenters. The van der Waals surface area contributed by atoms with Crippen LogP contribution in [0, 0.1) is 6.92 Å². The quantitative estimate of drug-likeness (QED) is 0.732. The van der Waals surface area contributed by atoms with E-state index in [1.807, 2.05) is 48.5 Å². The van der Waals surface area contributed by atoms with E-state index in [9.17, 15) is 4.79 Å². The van der Waals surface area contributed by atoms with E-state index in [0.717, 1.165) is 11.3 Å². The first-order chi connectivity index (χ1) is 12.7. The van der Waals surface area contributed by atoms with Crippen LogP contribution in [0.1, 0.15) is 17.4 Å². The van der Waals surface area contributed by atoms with Crippen molar-refractivity contribution in [1.29, 1.82) is 0 Å². The molecule has 1 aliphatic heterocycles. The SMILES string of the molecule is Cc1cc(NC(=O)[C@H](Nc2ccc3c(c2)OCO3)c2ccccc2)no1. The lowest BCUT2D eigenvalue weighted by molar-refractivity contribution is -0.117. The maximum atomic E-state index is 12.8. The molecule has 1 aromatic heterocycles. The number of rotatable bonds is 5. The van der Waals surface area contributed by atoms with Crippen LogP contribution in [-0.4, -0.2) is 17.9 Å². The highest BCUT2D eigenvalue weighted by Gasteiger charge is 2.23. The van der Waals surface area contributed by atoms with Crippen molar-refractivity contribution >= 4 is 17.4 Å². The summed E-state index contributed by atoms with van der Waals surface area (Å²) in [6.07, 6.45) is 0. The third-order valence-electron chi connectivity index (χ3n) is 3.96. The minimum atomic E-state index is -0.617. The summed E-state index contributed by atoms with van der Waals surface area (Å²) in [5.74, 6) is 2.09. The highest BCUT2D eigenvalue weighted by molar-refractivity contribution is 5.96. The molecule has 2 aromatic carbocycles. The molecule has 0 saturated heterocycles. The molecule has 4 rings (SSSR count). The fourth-order valence-corrected chi connectivity index (χ4v) is 2.72. The van der Waals surface area contributed by atoms with Gasteiger partial charge in [-0.25, -0.2) is 0 Å². The number of aryl methyl sites for hydroxylation is 1. The summed E-state index contributed by atoms with van der Waals surface area (Å²) in [6.45, 7) is 1.97. The van der Waals surface area contributed by atoms with Crippen molar-refractivity contribution in [3.63, 3.8) is 0 Å².